The second kappa shape index (κ2) is 6.80. The van der Waals surface area contributed by atoms with E-state index in [1.54, 1.807) is 12.1 Å². The van der Waals surface area contributed by atoms with Crippen molar-refractivity contribution in [1.29, 1.82) is 0 Å². The molecule has 21 heavy (non-hydrogen) atoms. The number of nitrogens with one attached hydrogen (secondary N) is 1. The molecule has 0 radical (unpaired) electrons. The van der Waals surface area contributed by atoms with E-state index in [0.717, 1.165) is 0 Å². The highest BCUT2D eigenvalue weighted by Gasteiger charge is 2.41. The Morgan fingerprint density at radius 1 is 1.38 bits per heavy atom. The summed E-state index contributed by atoms with van der Waals surface area (Å²) in [5, 5.41) is 12.2. The molecule has 0 heterocycles. The fourth-order valence-corrected chi connectivity index (χ4v) is 2.46. The van der Waals surface area contributed by atoms with Gasteiger partial charge in [0.2, 0.25) is 5.91 Å². The smallest absolute Gasteiger partial charge is 0.307 e. The van der Waals surface area contributed by atoms with Crippen molar-refractivity contribution in [2.24, 2.45) is 11.8 Å². The van der Waals surface area contributed by atoms with Crippen molar-refractivity contribution in [2.75, 3.05) is 6.54 Å². The van der Waals surface area contributed by atoms with Gasteiger partial charge in [0.15, 0.2) is 0 Å². The average Bonchev–Trinajstić information content (AvgIpc) is 2.37. The number of halogens is 1. The number of amides is 1. The minimum Gasteiger partial charge on any atom is -0.487 e. The molecule has 3 unspecified atom stereocenters. The number of hydrogen-bond acceptors (Lipinski definition) is 3. The average molecular weight is 312 g/mol. The van der Waals surface area contributed by atoms with Gasteiger partial charge in [0.05, 0.1) is 23.4 Å². The minimum absolute atomic E-state index is 0.219. The number of carbonyl (C=O) groups is 2. The second-order valence-corrected chi connectivity index (χ2v) is 5.64. The standard InChI is InChI=1S/C15H18ClNO4/c1-9(21-13-5-3-2-4-12(13)16)8-17-14(18)10-6-7-11(10)15(19)20/h2-5,9-11H,6-8H2,1H3,(H,17,18)(H,19,20). The first-order valence-corrected chi connectivity index (χ1v) is 7.28. The van der Waals surface area contributed by atoms with Crippen molar-refractivity contribution < 1.29 is 19.4 Å². The fraction of sp³-hybridized carbons (Fsp3) is 0.467. The molecule has 0 aliphatic heterocycles. The third kappa shape index (κ3) is 3.88. The van der Waals surface area contributed by atoms with E-state index in [9.17, 15) is 9.59 Å². The Hall–Kier alpha value is -1.75. The lowest BCUT2D eigenvalue weighted by Gasteiger charge is -2.32. The molecule has 1 aromatic carbocycles. The maximum absolute atomic E-state index is 11.9. The summed E-state index contributed by atoms with van der Waals surface area (Å²) < 4.78 is 5.64. The maximum Gasteiger partial charge on any atom is 0.307 e. The Labute approximate surface area is 128 Å². The Bertz CT molecular complexity index is 534. The van der Waals surface area contributed by atoms with E-state index < -0.39 is 17.8 Å². The molecular formula is C15H18ClNO4. The highest BCUT2D eigenvalue weighted by atomic mass is 35.5. The van der Waals surface area contributed by atoms with Crippen molar-refractivity contribution >= 4 is 23.5 Å². The molecule has 0 saturated heterocycles. The van der Waals surface area contributed by atoms with E-state index in [-0.39, 0.29) is 12.0 Å². The zero-order valence-electron chi connectivity index (χ0n) is 11.7. The van der Waals surface area contributed by atoms with E-state index in [1.165, 1.54) is 0 Å². The van der Waals surface area contributed by atoms with Crippen LogP contribution in [0.1, 0.15) is 19.8 Å². The molecule has 3 atom stereocenters. The van der Waals surface area contributed by atoms with Gasteiger partial charge in [0, 0.05) is 0 Å². The van der Waals surface area contributed by atoms with Gasteiger partial charge in [-0.1, -0.05) is 23.7 Å². The van der Waals surface area contributed by atoms with Crippen molar-refractivity contribution in [3.05, 3.63) is 29.3 Å². The number of rotatable bonds is 6. The molecule has 1 amide bonds. The van der Waals surface area contributed by atoms with Crippen LogP contribution in [-0.2, 0) is 9.59 Å². The predicted molar refractivity (Wildman–Crippen MR) is 78.4 cm³/mol. The number of hydrogen-bond donors (Lipinski definition) is 2. The van der Waals surface area contributed by atoms with E-state index in [1.807, 2.05) is 19.1 Å². The topological polar surface area (TPSA) is 75.6 Å². The molecule has 0 aromatic heterocycles. The molecular weight excluding hydrogens is 294 g/mol. The quantitative estimate of drug-likeness (QED) is 0.845. The number of aliphatic carboxylic acids is 1. The van der Waals surface area contributed by atoms with E-state index in [4.69, 9.17) is 21.4 Å². The van der Waals surface area contributed by atoms with Crippen LogP contribution in [0.5, 0.6) is 5.75 Å². The number of carboxylic acid groups (broad SMARTS) is 1. The molecule has 1 saturated carbocycles. The first-order valence-electron chi connectivity index (χ1n) is 6.90. The molecule has 1 fully saturated rings. The molecule has 1 aromatic rings. The van der Waals surface area contributed by atoms with Gasteiger partial charge in [-0.25, -0.2) is 0 Å². The van der Waals surface area contributed by atoms with Crippen LogP contribution in [0.4, 0.5) is 0 Å². The van der Waals surface area contributed by atoms with Crippen molar-refractivity contribution in [2.45, 2.75) is 25.9 Å². The number of benzene rings is 1. The molecule has 2 rings (SSSR count). The highest BCUT2D eigenvalue weighted by Crippen LogP contribution is 2.34. The van der Waals surface area contributed by atoms with Crippen LogP contribution in [0.15, 0.2) is 24.3 Å². The Morgan fingerprint density at radius 2 is 2.05 bits per heavy atom. The van der Waals surface area contributed by atoms with Gasteiger partial charge in [-0.05, 0) is 31.9 Å². The second-order valence-electron chi connectivity index (χ2n) is 5.23. The van der Waals surface area contributed by atoms with Crippen LogP contribution < -0.4 is 10.1 Å². The molecule has 0 bridgehead atoms. The van der Waals surface area contributed by atoms with Crippen LogP contribution in [0, 0.1) is 11.8 Å². The molecule has 1 aliphatic carbocycles. The van der Waals surface area contributed by atoms with Gasteiger partial charge >= 0.3 is 5.97 Å². The Morgan fingerprint density at radius 3 is 2.62 bits per heavy atom. The fourth-order valence-electron chi connectivity index (χ4n) is 2.28. The summed E-state index contributed by atoms with van der Waals surface area (Å²) in [7, 11) is 0. The monoisotopic (exact) mass is 311 g/mol. The molecule has 0 spiro atoms. The number of ether oxygens (including phenoxy) is 1. The Kier molecular flexibility index (Phi) is 5.07. The third-order valence-electron chi connectivity index (χ3n) is 3.66. The van der Waals surface area contributed by atoms with Crippen LogP contribution in [0.2, 0.25) is 5.02 Å². The summed E-state index contributed by atoms with van der Waals surface area (Å²) in [4.78, 5) is 22.8. The first-order chi connectivity index (χ1) is 9.99. The maximum atomic E-state index is 11.9. The summed E-state index contributed by atoms with van der Waals surface area (Å²) in [5.74, 6) is -1.53. The zero-order chi connectivity index (χ0) is 15.4. The predicted octanol–water partition coefficient (Wildman–Crippen LogP) is 2.33. The molecule has 2 N–H and O–H groups in total. The Balaban J connectivity index is 1.79. The van der Waals surface area contributed by atoms with Crippen LogP contribution in [-0.4, -0.2) is 29.6 Å². The van der Waals surface area contributed by atoms with E-state index in [2.05, 4.69) is 5.32 Å². The molecule has 5 nitrogen and oxygen atoms in total. The van der Waals surface area contributed by atoms with Crippen LogP contribution in [0.3, 0.4) is 0 Å². The van der Waals surface area contributed by atoms with Crippen LogP contribution in [0.25, 0.3) is 0 Å². The number of para-hydroxylation sites is 1. The molecule has 114 valence electrons. The van der Waals surface area contributed by atoms with E-state index >= 15 is 0 Å². The molecule has 6 heteroatoms. The van der Waals surface area contributed by atoms with Gasteiger partial charge in [0.25, 0.3) is 0 Å². The SMILES string of the molecule is CC(CNC(=O)C1CCC1C(=O)O)Oc1ccccc1Cl. The zero-order valence-corrected chi connectivity index (χ0v) is 12.5. The van der Waals surface area contributed by atoms with Crippen molar-refractivity contribution in [1.82, 2.24) is 5.32 Å². The van der Waals surface area contributed by atoms with E-state index in [0.29, 0.717) is 30.2 Å². The minimum atomic E-state index is -0.901. The van der Waals surface area contributed by atoms with Crippen LogP contribution >= 0.6 is 11.6 Å². The number of carbonyl (C=O) groups excluding carboxylic acids is 1. The van der Waals surface area contributed by atoms with Crippen molar-refractivity contribution in [3.63, 3.8) is 0 Å². The first kappa shape index (κ1) is 15.6. The lowest BCUT2D eigenvalue weighted by Crippen LogP contribution is -2.46. The summed E-state index contributed by atoms with van der Waals surface area (Å²) in [6.45, 7) is 2.13. The van der Waals surface area contributed by atoms with Gasteiger partial charge in [-0.3, -0.25) is 9.59 Å². The summed E-state index contributed by atoms with van der Waals surface area (Å²) in [6.07, 6.45) is 0.943. The van der Waals surface area contributed by atoms with Gasteiger partial charge in [0.1, 0.15) is 11.9 Å². The van der Waals surface area contributed by atoms with Gasteiger partial charge < -0.3 is 15.2 Å². The van der Waals surface area contributed by atoms with Gasteiger partial charge in [-0.15, -0.1) is 0 Å². The lowest BCUT2D eigenvalue weighted by atomic mass is 9.73. The lowest BCUT2D eigenvalue weighted by molar-refractivity contribution is -0.152. The number of carboxylic acids is 1. The summed E-state index contributed by atoms with van der Waals surface area (Å²) >= 11 is 5.99. The normalized spacial score (nSPS) is 22.0. The van der Waals surface area contributed by atoms with Crippen molar-refractivity contribution in [3.8, 4) is 5.75 Å². The summed E-state index contributed by atoms with van der Waals surface area (Å²) in [6, 6.07) is 7.11. The highest BCUT2D eigenvalue weighted by molar-refractivity contribution is 6.32. The third-order valence-corrected chi connectivity index (χ3v) is 3.97. The largest absolute Gasteiger partial charge is 0.487 e. The molecule has 1 aliphatic rings. The summed E-state index contributed by atoms with van der Waals surface area (Å²) in [5.41, 5.74) is 0. The van der Waals surface area contributed by atoms with Gasteiger partial charge in [-0.2, -0.15) is 0 Å².